The third-order valence-corrected chi connectivity index (χ3v) is 17.9. The first-order chi connectivity index (χ1) is 38.2. The van der Waals surface area contributed by atoms with Gasteiger partial charge >= 0.3 is 0 Å². The first kappa shape index (κ1) is 75.1. The molecule has 0 saturated carbocycles. The molecule has 82 heavy (non-hydrogen) atoms. The second-order valence-electron chi connectivity index (χ2n) is 17.0. The Balaban J connectivity index is 0.000000495. The summed E-state index contributed by atoms with van der Waals surface area (Å²) in [6, 6.07) is 108. The van der Waals surface area contributed by atoms with E-state index < -0.39 is 15.8 Å². The van der Waals surface area contributed by atoms with E-state index in [9.17, 15) is 0 Å². The van der Waals surface area contributed by atoms with Gasteiger partial charge in [-0.3, -0.25) is 0 Å². The van der Waals surface area contributed by atoms with Crippen molar-refractivity contribution in [3.8, 4) is 0 Å². The maximum atomic E-state index is 4.98. The van der Waals surface area contributed by atoms with Gasteiger partial charge in [0.05, 0.1) is 0 Å². The van der Waals surface area contributed by atoms with Crippen molar-refractivity contribution in [3.63, 3.8) is 0 Å². The standard InChI is InChI=1S/2C18H15P.C8H10.2C7H8S2.2C6H6S.2O.2Re/c2*1-4-10-16(11-5-1)19(17-12-6-2-7-13-17)18-14-8-3-9-15-18;1-7-3-5-8(2)6-4-7;2*8-5-6-3-1-2-4-7(6)9;2*7-6-4-2-1-3-5-6;;;;/h2*1-15H;3-6H,1-2H3;2*1-4,8-9H,5H2;2*1-5,7H;;;;/q;;;;;;;2*-2;;/p-6. The third kappa shape index (κ3) is 29.1. The van der Waals surface area contributed by atoms with Crippen LogP contribution in [0.4, 0.5) is 0 Å². The average Bonchev–Trinajstić information content (AvgIpc) is 3.52. The van der Waals surface area contributed by atoms with E-state index >= 15 is 0 Å². The fourth-order valence-corrected chi connectivity index (χ4v) is 13.1. The van der Waals surface area contributed by atoms with Gasteiger partial charge in [-0.1, -0.05) is 338 Å². The molecule has 2 nitrogen and oxygen atoms in total. The molecule has 0 amide bonds. The predicted octanol–water partition coefficient (Wildman–Crippen LogP) is 15.4. The van der Waals surface area contributed by atoms with Crippen molar-refractivity contribution in [2.75, 3.05) is 0 Å². The molecule has 424 valence electrons. The molecule has 0 fully saturated rings. The van der Waals surface area contributed by atoms with Crippen LogP contribution < -0.4 is 31.8 Å². The summed E-state index contributed by atoms with van der Waals surface area (Å²) in [6.07, 6.45) is 0. The molecule has 0 saturated heterocycles. The Morgan fingerprint density at radius 2 is 0.415 bits per heavy atom. The van der Waals surface area contributed by atoms with E-state index in [2.05, 4.69) is 220 Å². The molecule has 0 aromatic heterocycles. The third-order valence-electron chi connectivity index (χ3n) is 11.0. The van der Waals surface area contributed by atoms with Crippen molar-refractivity contribution in [2.45, 2.75) is 44.9 Å². The van der Waals surface area contributed by atoms with Gasteiger partial charge in [-0.05, 0) is 61.5 Å². The maximum absolute atomic E-state index is 4.98. The second kappa shape index (κ2) is 45.5. The monoisotopic (exact) mass is 1560 g/mol. The smallest absolute Gasteiger partial charge is 0 e. The molecule has 0 bridgehead atoms. The Labute approximate surface area is 552 Å². The minimum absolute atomic E-state index is 0. The zero-order valence-corrected chi connectivity index (χ0v) is 57.5. The molecule has 0 aliphatic heterocycles. The molecule has 2 radical (unpaired) electrons. The molecule has 11 aromatic rings. The molecular formula is C70H62O2P2Re2S6-10. The summed E-state index contributed by atoms with van der Waals surface area (Å²) in [5.41, 5.74) is 4.83. The molecular weight excluding hydrogens is 1500 g/mol. The Morgan fingerprint density at radius 3 is 0.561 bits per heavy atom. The van der Waals surface area contributed by atoms with Crippen molar-refractivity contribution in [2.24, 2.45) is 0 Å². The van der Waals surface area contributed by atoms with Gasteiger partial charge in [-0.2, -0.15) is 31.1 Å². The van der Waals surface area contributed by atoms with Gasteiger partial charge in [0.2, 0.25) is 0 Å². The first-order valence-corrected chi connectivity index (χ1v) is 30.7. The number of hydrogen-bond donors (Lipinski definition) is 0. The van der Waals surface area contributed by atoms with Crippen LogP contribution in [0.1, 0.15) is 22.3 Å². The quantitative estimate of drug-likeness (QED) is 0.112. The Morgan fingerprint density at radius 1 is 0.244 bits per heavy atom. The largest absolute Gasteiger partial charge is 2.00 e. The number of benzene rings is 11. The Bertz CT molecular complexity index is 2850. The van der Waals surface area contributed by atoms with E-state index in [1.807, 2.05) is 109 Å². The molecule has 0 aliphatic carbocycles. The van der Waals surface area contributed by atoms with Crippen molar-refractivity contribution in [1.29, 1.82) is 0 Å². The van der Waals surface area contributed by atoms with Crippen molar-refractivity contribution < 1.29 is 51.8 Å². The van der Waals surface area contributed by atoms with Gasteiger partial charge in [0, 0.05) is 40.8 Å². The SMILES string of the molecule is Cc1ccc(C)cc1.[O-2].[O-2].[Re].[Re].[S-]Cc1ccccc1[S-].[S-]Cc1ccccc1[S-].[S-]c1ccccc1.[S-]c1ccccc1.c1ccc(P(c2ccccc2)c2ccccc2)cc1.c1ccc(P(c2ccccc2)c2ccccc2)cc1. The summed E-state index contributed by atoms with van der Waals surface area (Å²) >= 11 is 29.3. The predicted molar refractivity (Wildman–Crippen MR) is 358 cm³/mol. The summed E-state index contributed by atoms with van der Waals surface area (Å²) in [5.74, 6) is 1.25. The summed E-state index contributed by atoms with van der Waals surface area (Å²) in [6.45, 7) is 4.19. The van der Waals surface area contributed by atoms with Gasteiger partial charge in [0.25, 0.3) is 0 Å². The fourth-order valence-electron chi connectivity index (χ4n) is 7.08. The molecule has 0 unspecified atom stereocenters. The van der Waals surface area contributed by atoms with E-state index in [1.165, 1.54) is 43.0 Å². The number of hydrogen-bond acceptors (Lipinski definition) is 6. The normalized spacial score (nSPS) is 9.34. The zero-order chi connectivity index (χ0) is 55.4. The van der Waals surface area contributed by atoms with E-state index in [1.54, 1.807) is 0 Å². The first-order valence-electron chi connectivity index (χ1n) is 25.2. The summed E-state index contributed by atoms with van der Waals surface area (Å²) in [4.78, 5) is 3.57. The van der Waals surface area contributed by atoms with Crippen LogP contribution in [-0.4, -0.2) is 0 Å². The molecule has 0 aliphatic rings. The van der Waals surface area contributed by atoms with Crippen molar-refractivity contribution in [3.05, 3.63) is 338 Å². The van der Waals surface area contributed by atoms with Gasteiger partial charge < -0.3 is 86.7 Å². The van der Waals surface area contributed by atoms with Gasteiger partial charge in [0.1, 0.15) is 0 Å². The molecule has 0 atom stereocenters. The van der Waals surface area contributed by atoms with Crippen LogP contribution in [-0.2, 0) is 139 Å². The fraction of sp³-hybridized carbons (Fsp3) is 0.0571. The molecule has 11 aromatic carbocycles. The van der Waals surface area contributed by atoms with Gasteiger partial charge in [-0.15, -0.1) is 0 Å². The van der Waals surface area contributed by atoms with E-state index in [0.29, 0.717) is 11.5 Å². The minimum atomic E-state index is -0.446. The van der Waals surface area contributed by atoms with Crippen LogP contribution in [0.3, 0.4) is 0 Å². The summed E-state index contributed by atoms with van der Waals surface area (Å²) < 4.78 is 0. The van der Waals surface area contributed by atoms with Gasteiger partial charge in [-0.25, -0.2) is 0 Å². The average molecular weight is 1560 g/mol. The van der Waals surface area contributed by atoms with E-state index in [-0.39, 0.29) is 51.8 Å². The maximum Gasteiger partial charge on any atom is 0 e. The minimum Gasteiger partial charge on any atom is -2.00 e. The summed E-state index contributed by atoms with van der Waals surface area (Å²) in [5, 5.41) is 8.39. The summed E-state index contributed by atoms with van der Waals surface area (Å²) in [7, 11) is -0.892. The van der Waals surface area contributed by atoms with Crippen LogP contribution >= 0.6 is 15.8 Å². The molecule has 0 spiro atoms. The number of rotatable bonds is 8. The van der Waals surface area contributed by atoms with Crippen LogP contribution in [0.25, 0.3) is 0 Å². The van der Waals surface area contributed by atoms with E-state index in [4.69, 9.17) is 75.8 Å². The molecule has 0 N–H and O–H groups in total. The van der Waals surface area contributed by atoms with E-state index in [0.717, 1.165) is 30.7 Å². The van der Waals surface area contributed by atoms with Crippen LogP contribution in [0.2, 0.25) is 0 Å². The van der Waals surface area contributed by atoms with Crippen LogP contribution in [0, 0.1) is 13.8 Å². The Kier molecular flexibility index (Phi) is 41.7. The number of aryl methyl sites for hydroxylation is 2. The molecule has 0 heterocycles. The van der Waals surface area contributed by atoms with Crippen LogP contribution in [0.5, 0.6) is 0 Å². The molecule has 12 heteroatoms. The second-order valence-corrected chi connectivity index (χ2v) is 23.8. The Hall–Kier alpha value is -4.90. The zero-order valence-electron chi connectivity index (χ0n) is 45.4. The topological polar surface area (TPSA) is 57.0 Å². The van der Waals surface area contributed by atoms with Crippen LogP contribution in [0.15, 0.2) is 335 Å². The molecule has 11 rings (SSSR count). The van der Waals surface area contributed by atoms with Crippen molar-refractivity contribution in [1.82, 2.24) is 0 Å². The van der Waals surface area contributed by atoms with Gasteiger partial charge in [0.15, 0.2) is 0 Å². The van der Waals surface area contributed by atoms with Crippen molar-refractivity contribution >= 4 is 123 Å².